The van der Waals surface area contributed by atoms with Gasteiger partial charge in [0.15, 0.2) is 0 Å². The maximum absolute atomic E-state index is 9.43. The van der Waals surface area contributed by atoms with E-state index in [2.05, 4.69) is 5.10 Å². The molecule has 2 atom stereocenters. The molecular weight excluding hydrogens is 152 g/mol. The topological polar surface area (TPSA) is 38.0 Å². The summed E-state index contributed by atoms with van der Waals surface area (Å²) in [5.74, 6) is 0. The number of aromatic nitrogens is 2. The highest BCUT2D eigenvalue weighted by Gasteiger charge is 2.31. The van der Waals surface area contributed by atoms with Gasteiger partial charge in [0.05, 0.1) is 17.8 Å². The molecule has 1 heterocycles. The van der Waals surface area contributed by atoms with Gasteiger partial charge in [-0.2, -0.15) is 5.10 Å². The Morgan fingerprint density at radius 2 is 2.25 bits per heavy atom. The van der Waals surface area contributed by atoms with Gasteiger partial charge in [-0.1, -0.05) is 0 Å². The molecule has 3 nitrogen and oxygen atoms in total. The van der Waals surface area contributed by atoms with E-state index >= 15 is 0 Å². The Bertz CT molecular complexity index is 293. The van der Waals surface area contributed by atoms with Crippen molar-refractivity contribution in [1.29, 1.82) is 0 Å². The third-order valence-electron chi connectivity index (χ3n) is 2.56. The van der Waals surface area contributed by atoms with Crippen LogP contribution in [-0.4, -0.2) is 21.0 Å². The fourth-order valence-corrected chi connectivity index (χ4v) is 1.73. The molecule has 3 heteroatoms. The maximum atomic E-state index is 9.43. The van der Waals surface area contributed by atoms with E-state index in [4.69, 9.17) is 0 Å². The van der Waals surface area contributed by atoms with Crippen LogP contribution in [0, 0.1) is 13.8 Å². The van der Waals surface area contributed by atoms with Crippen LogP contribution in [0.1, 0.15) is 30.3 Å². The Kier molecular flexibility index (Phi) is 1.68. The first-order chi connectivity index (χ1) is 5.68. The Labute approximate surface area is 72.0 Å². The molecule has 66 valence electrons. The molecule has 1 N–H and O–H groups in total. The zero-order valence-corrected chi connectivity index (χ0v) is 7.49. The van der Waals surface area contributed by atoms with Crippen molar-refractivity contribution >= 4 is 0 Å². The summed E-state index contributed by atoms with van der Waals surface area (Å²) in [7, 11) is 0. The first kappa shape index (κ1) is 7.80. The predicted octanol–water partition coefficient (Wildman–Crippen LogP) is 1.20. The zero-order chi connectivity index (χ0) is 8.72. The number of hydrogen-bond donors (Lipinski definition) is 1. The van der Waals surface area contributed by atoms with E-state index in [9.17, 15) is 5.11 Å². The molecule has 0 spiro atoms. The molecule has 1 saturated carbocycles. The lowest BCUT2D eigenvalue weighted by Crippen LogP contribution is -2.34. The van der Waals surface area contributed by atoms with Crippen LogP contribution in [0.3, 0.4) is 0 Å². The van der Waals surface area contributed by atoms with Gasteiger partial charge < -0.3 is 5.11 Å². The van der Waals surface area contributed by atoms with E-state index in [1.165, 1.54) is 0 Å². The van der Waals surface area contributed by atoms with Crippen LogP contribution in [0.5, 0.6) is 0 Å². The van der Waals surface area contributed by atoms with Crippen LogP contribution in [-0.2, 0) is 0 Å². The van der Waals surface area contributed by atoms with Crippen LogP contribution in [0.4, 0.5) is 0 Å². The summed E-state index contributed by atoms with van der Waals surface area (Å²) in [5, 5.41) is 13.8. The second-order valence-electron chi connectivity index (χ2n) is 3.58. The van der Waals surface area contributed by atoms with Gasteiger partial charge in [-0.05, 0) is 32.8 Å². The van der Waals surface area contributed by atoms with E-state index in [1.807, 2.05) is 24.6 Å². The first-order valence-electron chi connectivity index (χ1n) is 4.39. The average Bonchev–Trinajstić information content (AvgIpc) is 2.28. The summed E-state index contributed by atoms with van der Waals surface area (Å²) in [5.41, 5.74) is 2.18. The van der Waals surface area contributed by atoms with Gasteiger partial charge in [-0.15, -0.1) is 0 Å². The third-order valence-corrected chi connectivity index (χ3v) is 2.56. The summed E-state index contributed by atoms with van der Waals surface area (Å²) < 4.78 is 1.95. The molecule has 2 rings (SSSR count). The van der Waals surface area contributed by atoms with Gasteiger partial charge in [0.2, 0.25) is 0 Å². The zero-order valence-electron chi connectivity index (χ0n) is 7.49. The summed E-state index contributed by atoms with van der Waals surface area (Å²) in [6.07, 6.45) is 1.80. The first-order valence-corrected chi connectivity index (χ1v) is 4.39. The Hall–Kier alpha value is -0.830. The molecule has 0 aromatic carbocycles. The predicted molar refractivity (Wildman–Crippen MR) is 46.0 cm³/mol. The summed E-state index contributed by atoms with van der Waals surface area (Å²) in [4.78, 5) is 0. The van der Waals surface area contributed by atoms with Crippen LogP contribution in [0.15, 0.2) is 6.07 Å². The molecule has 0 radical (unpaired) electrons. The van der Waals surface area contributed by atoms with Crippen molar-refractivity contribution in [1.82, 2.24) is 9.78 Å². The van der Waals surface area contributed by atoms with Crippen molar-refractivity contribution < 1.29 is 5.11 Å². The molecule has 1 aliphatic rings. The molecule has 0 unspecified atom stereocenters. The van der Waals surface area contributed by atoms with E-state index in [0.29, 0.717) is 0 Å². The van der Waals surface area contributed by atoms with Crippen molar-refractivity contribution in [2.75, 3.05) is 0 Å². The second-order valence-corrected chi connectivity index (χ2v) is 3.58. The molecule has 1 fully saturated rings. The van der Waals surface area contributed by atoms with Gasteiger partial charge in [0.1, 0.15) is 0 Å². The highest BCUT2D eigenvalue weighted by molar-refractivity contribution is 5.09. The van der Waals surface area contributed by atoms with Gasteiger partial charge in [0.25, 0.3) is 0 Å². The SMILES string of the molecule is Cc1cc(C)n([C@@H]2CC[C@H]2O)n1. The van der Waals surface area contributed by atoms with E-state index in [-0.39, 0.29) is 12.1 Å². The Balaban J connectivity index is 2.27. The Morgan fingerprint density at radius 3 is 2.58 bits per heavy atom. The number of hydrogen-bond acceptors (Lipinski definition) is 2. The molecule has 0 amide bonds. The minimum Gasteiger partial charge on any atom is -0.391 e. The maximum Gasteiger partial charge on any atom is 0.0782 e. The van der Waals surface area contributed by atoms with Crippen LogP contribution >= 0.6 is 0 Å². The monoisotopic (exact) mass is 166 g/mol. The van der Waals surface area contributed by atoms with E-state index in [1.54, 1.807) is 0 Å². The number of aliphatic hydroxyl groups is 1. The molecule has 1 aromatic heterocycles. The molecule has 0 bridgehead atoms. The standard InChI is InChI=1S/C9H14N2O/c1-6-5-7(2)11(10-6)8-3-4-9(8)12/h5,8-9,12H,3-4H2,1-2H3/t8-,9-/m1/s1. The highest BCUT2D eigenvalue weighted by atomic mass is 16.3. The van der Waals surface area contributed by atoms with Crippen molar-refractivity contribution in [2.45, 2.75) is 38.8 Å². The van der Waals surface area contributed by atoms with Gasteiger partial charge in [-0.3, -0.25) is 4.68 Å². The molecule has 1 aromatic rings. The number of aliphatic hydroxyl groups excluding tert-OH is 1. The van der Waals surface area contributed by atoms with Crippen molar-refractivity contribution in [2.24, 2.45) is 0 Å². The van der Waals surface area contributed by atoms with Crippen LogP contribution in [0.2, 0.25) is 0 Å². The normalized spacial score (nSPS) is 28.6. The van der Waals surface area contributed by atoms with Crippen molar-refractivity contribution in [3.8, 4) is 0 Å². The van der Waals surface area contributed by atoms with Gasteiger partial charge in [0, 0.05) is 5.69 Å². The summed E-state index contributed by atoms with van der Waals surface area (Å²) in [6.45, 7) is 4.01. The van der Waals surface area contributed by atoms with E-state index in [0.717, 1.165) is 24.2 Å². The fourth-order valence-electron chi connectivity index (χ4n) is 1.73. The molecule has 12 heavy (non-hydrogen) atoms. The second kappa shape index (κ2) is 2.59. The van der Waals surface area contributed by atoms with Crippen molar-refractivity contribution in [3.05, 3.63) is 17.5 Å². The lowest BCUT2D eigenvalue weighted by Gasteiger charge is -2.33. The number of nitrogens with zero attached hydrogens (tertiary/aromatic N) is 2. The van der Waals surface area contributed by atoms with Gasteiger partial charge in [-0.25, -0.2) is 0 Å². The minimum absolute atomic E-state index is 0.178. The molecule has 0 saturated heterocycles. The largest absolute Gasteiger partial charge is 0.391 e. The average molecular weight is 166 g/mol. The van der Waals surface area contributed by atoms with Crippen LogP contribution in [0.25, 0.3) is 0 Å². The molecule has 1 aliphatic carbocycles. The fraction of sp³-hybridized carbons (Fsp3) is 0.667. The number of aryl methyl sites for hydroxylation is 2. The third kappa shape index (κ3) is 1.05. The molecular formula is C9H14N2O. The smallest absolute Gasteiger partial charge is 0.0782 e. The van der Waals surface area contributed by atoms with Crippen LogP contribution < -0.4 is 0 Å². The van der Waals surface area contributed by atoms with Gasteiger partial charge >= 0.3 is 0 Å². The van der Waals surface area contributed by atoms with Crippen molar-refractivity contribution in [3.63, 3.8) is 0 Å². The summed E-state index contributed by atoms with van der Waals surface area (Å²) >= 11 is 0. The van der Waals surface area contributed by atoms with E-state index < -0.39 is 0 Å². The highest BCUT2D eigenvalue weighted by Crippen LogP contribution is 2.32. The quantitative estimate of drug-likeness (QED) is 0.680. The lowest BCUT2D eigenvalue weighted by molar-refractivity contribution is 0.0242. The lowest BCUT2D eigenvalue weighted by atomic mass is 9.89. The number of rotatable bonds is 1. The minimum atomic E-state index is -0.178. The Morgan fingerprint density at radius 1 is 1.50 bits per heavy atom. The summed E-state index contributed by atoms with van der Waals surface area (Å²) in [6, 6.07) is 2.28. The molecule has 0 aliphatic heterocycles.